The molecule has 0 radical (unpaired) electrons. The lowest BCUT2D eigenvalue weighted by Crippen LogP contribution is -2.34. The Kier molecular flexibility index (Phi) is 4.54. The summed E-state index contributed by atoms with van der Waals surface area (Å²) in [6.45, 7) is 0.363. The molecule has 1 fully saturated rings. The van der Waals surface area contributed by atoms with Crippen molar-refractivity contribution in [1.82, 2.24) is 10.6 Å². The SMILES string of the molecule is CNC(=O)CN(C)c1c(F)cc(CNC2CC2)cc1F. The van der Waals surface area contributed by atoms with Crippen LogP contribution in [-0.2, 0) is 11.3 Å². The number of halogens is 2. The van der Waals surface area contributed by atoms with Crippen LogP contribution in [0.2, 0.25) is 0 Å². The Balaban J connectivity index is 2.10. The molecule has 1 amide bonds. The Labute approximate surface area is 117 Å². The van der Waals surface area contributed by atoms with Crippen LogP contribution in [0.5, 0.6) is 0 Å². The fourth-order valence-electron chi connectivity index (χ4n) is 2.01. The molecule has 0 aliphatic heterocycles. The first-order valence-electron chi connectivity index (χ1n) is 6.64. The molecule has 2 N–H and O–H groups in total. The molecule has 1 aromatic carbocycles. The molecule has 110 valence electrons. The molecule has 0 unspecified atom stereocenters. The molecule has 0 saturated heterocycles. The molecule has 0 heterocycles. The zero-order chi connectivity index (χ0) is 14.7. The predicted molar refractivity (Wildman–Crippen MR) is 73.6 cm³/mol. The lowest BCUT2D eigenvalue weighted by Gasteiger charge is -2.20. The Morgan fingerprint density at radius 3 is 2.45 bits per heavy atom. The van der Waals surface area contributed by atoms with Gasteiger partial charge in [0.05, 0.1) is 6.54 Å². The second-order valence-corrected chi connectivity index (χ2v) is 5.09. The van der Waals surface area contributed by atoms with Gasteiger partial charge in [0.15, 0.2) is 0 Å². The third-order valence-corrected chi connectivity index (χ3v) is 3.29. The van der Waals surface area contributed by atoms with Crippen LogP contribution in [0.25, 0.3) is 0 Å². The summed E-state index contributed by atoms with van der Waals surface area (Å²) in [6, 6.07) is 3.11. The Hall–Kier alpha value is -1.69. The minimum Gasteiger partial charge on any atom is -0.361 e. The maximum absolute atomic E-state index is 14.0. The van der Waals surface area contributed by atoms with Gasteiger partial charge in [0.1, 0.15) is 17.3 Å². The summed E-state index contributed by atoms with van der Waals surface area (Å²) in [5.41, 5.74) is 0.396. The first-order valence-corrected chi connectivity index (χ1v) is 6.64. The van der Waals surface area contributed by atoms with Gasteiger partial charge in [-0.3, -0.25) is 4.79 Å². The van der Waals surface area contributed by atoms with E-state index in [-0.39, 0.29) is 18.1 Å². The van der Waals surface area contributed by atoms with Crippen LogP contribution < -0.4 is 15.5 Å². The van der Waals surface area contributed by atoms with E-state index in [1.54, 1.807) is 0 Å². The van der Waals surface area contributed by atoms with Gasteiger partial charge in [-0.05, 0) is 30.5 Å². The molecular weight excluding hydrogens is 264 g/mol. The van der Waals surface area contributed by atoms with Gasteiger partial charge >= 0.3 is 0 Å². The standard InChI is InChI=1S/C14H19F2N3O/c1-17-13(20)8-19(2)14-11(15)5-9(6-12(14)16)7-18-10-3-4-10/h5-6,10,18H,3-4,7-8H2,1-2H3,(H,17,20). The van der Waals surface area contributed by atoms with Crippen molar-refractivity contribution in [1.29, 1.82) is 0 Å². The molecule has 1 saturated carbocycles. The number of carbonyl (C=O) groups is 1. The Morgan fingerprint density at radius 2 is 1.95 bits per heavy atom. The number of nitrogens with one attached hydrogen (secondary N) is 2. The van der Waals surface area contributed by atoms with Crippen molar-refractivity contribution in [2.24, 2.45) is 0 Å². The zero-order valence-corrected chi connectivity index (χ0v) is 11.7. The number of hydrogen-bond donors (Lipinski definition) is 2. The van der Waals surface area contributed by atoms with Gasteiger partial charge in [-0.2, -0.15) is 0 Å². The van der Waals surface area contributed by atoms with E-state index in [4.69, 9.17) is 0 Å². The normalized spacial score (nSPS) is 14.2. The maximum atomic E-state index is 14.0. The topological polar surface area (TPSA) is 44.4 Å². The second-order valence-electron chi connectivity index (χ2n) is 5.09. The first-order chi connectivity index (χ1) is 9.51. The van der Waals surface area contributed by atoms with E-state index >= 15 is 0 Å². The van der Waals surface area contributed by atoms with Crippen LogP contribution in [0.1, 0.15) is 18.4 Å². The van der Waals surface area contributed by atoms with Crippen LogP contribution in [-0.4, -0.2) is 32.6 Å². The minimum atomic E-state index is -0.649. The third kappa shape index (κ3) is 3.66. The number of benzene rings is 1. The maximum Gasteiger partial charge on any atom is 0.239 e. The first kappa shape index (κ1) is 14.7. The molecule has 2 rings (SSSR count). The summed E-state index contributed by atoms with van der Waals surface area (Å²) in [7, 11) is 2.97. The molecule has 0 spiro atoms. The van der Waals surface area contributed by atoms with Gasteiger partial charge in [0, 0.05) is 26.7 Å². The molecule has 0 aromatic heterocycles. The van der Waals surface area contributed by atoms with Crippen LogP contribution >= 0.6 is 0 Å². The van der Waals surface area contributed by atoms with Gasteiger partial charge in [0.2, 0.25) is 5.91 Å². The fourth-order valence-corrected chi connectivity index (χ4v) is 2.01. The van der Waals surface area contributed by atoms with E-state index < -0.39 is 11.6 Å². The summed E-state index contributed by atoms with van der Waals surface area (Å²) in [6.07, 6.45) is 2.25. The number of rotatable bonds is 6. The van der Waals surface area contributed by atoms with Gasteiger partial charge in [0.25, 0.3) is 0 Å². The van der Waals surface area contributed by atoms with Gasteiger partial charge in [-0.15, -0.1) is 0 Å². The van der Waals surface area contributed by atoms with E-state index in [9.17, 15) is 13.6 Å². The number of carbonyl (C=O) groups excluding carboxylic acids is 1. The van der Waals surface area contributed by atoms with Crippen LogP contribution in [0.15, 0.2) is 12.1 Å². The highest BCUT2D eigenvalue weighted by Crippen LogP contribution is 2.25. The van der Waals surface area contributed by atoms with Crippen molar-refractivity contribution in [3.63, 3.8) is 0 Å². The van der Waals surface area contributed by atoms with Crippen molar-refractivity contribution in [3.05, 3.63) is 29.3 Å². The predicted octanol–water partition coefficient (Wildman–Crippen LogP) is 1.40. The van der Waals surface area contributed by atoms with E-state index in [1.807, 2.05) is 0 Å². The highest BCUT2D eigenvalue weighted by atomic mass is 19.1. The lowest BCUT2D eigenvalue weighted by atomic mass is 10.1. The number of hydrogen-bond acceptors (Lipinski definition) is 3. The molecule has 0 bridgehead atoms. The van der Waals surface area contributed by atoms with Crippen molar-refractivity contribution >= 4 is 11.6 Å². The summed E-state index contributed by atoms with van der Waals surface area (Å²) >= 11 is 0. The van der Waals surface area contributed by atoms with E-state index in [2.05, 4.69) is 10.6 Å². The smallest absolute Gasteiger partial charge is 0.239 e. The average molecular weight is 283 g/mol. The highest BCUT2D eigenvalue weighted by molar-refractivity contribution is 5.81. The number of amides is 1. The summed E-state index contributed by atoms with van der Waals surface area (Å²) in [4.78, 5) is 12.5. The van der Waals surface area contributed by atoms with Gasteiger partial charge in [-0.25, -0.2) is 8.78 Å². The van der Waals surface area contributed by atoms with E-state index in [0.717, 1.165) is 12.8 Å². The van der Waals surface area contributed by atoms with Crippen LogP contribution in [0.4, 0.5) is 14.5 Å². The average Bonchev–Trinajstić information content (AvgIpc) is 3.19. The van der Waals surface area contributed by atoms with Crippen molar-refractivity contribution in [2.75, 3.05) is 25.5 Å². The van der Waals surface area contributed by atoms with Crippen LogP contribution in [0.3, 0.4) is 0 Å². The molecule has 1 aliphatic carbocycles. The van der Waals surface area contributed by atoms with E-state index in [1.165, 1.54) is 31.1 Å². The number of likely N-dealkylation sites (N-methyl/N-ethyl adjacent to an activating group) is 2. The fraction of sp³-hybridized carbons (Fsp3) is 0.500. The molecular formula is C14H19F2N3O. The summed E-state index contributed by atoms with van der Waals surface area (Å²) < 4.78 is 28.0. The summed E-state index contributed by atoms with van der Waals surface area (Å²) in [5.74, 6) is -1.60. The van der Waals surface area contributed by atoms with Crippen LogP contribution in [0, 0.1) is 11.6 Å². The lowest BCUT2D eigenvalue weighted by molar-refractivity contribution is -0.119. The number of anilines is 1. The van der Waals surface area contributed by atoms with Gasteiger partial charge in [-0.1, -0.05) is 0 Å². The number of nitrogens with zero attached hydrogens (tertiary/aromatic N) is 1. The molecule has 1 aromatic rings. The Bertz CT molecular complexity index is 480. The Morgan fingerprint density at radius 1 is 1.35 bits per heavy atom. The molecule has 20 heavy (non-hydrogen) atoms. The minimum absolute atomic E-state index is 0.0932. The van der Waals surface area contributed by atoms with E-state index in [0.29, 0.717) is 18.2 Å². The van der Waals surface area contributed by atoms with Crippen molar-refractivity contribution in [2.45, 2.75) is 25.4 Å². The molecule has 1 aliphatic rings. The second kappa shape index (κ2) is 6.17. The molecule has 4 nitrogen and oxygen atoms in total. The molecule has 6 heteroatoms. The van der Waals surface area contributed by atoms with Gasteiger partial charge < -0.3 is 15.5 Å². The quantitative estimate of drug-likeness (QED) is 0.829. The summed E-state index contributed by atoms with van der Waals surface area (Å²) in [5, 5.41) is 5.63. The monoisotopic (exact) mass is 283 g/mol. The third-order valence-electron chi connectivity index (χ3n) is 3.29. The largest absolute Gasteiger partial charge is 0.361 e. The highest BCUT2D eigenvalue weighted by Gasteiger charge is 2.21. The molecule has 0 atom stereocenters. The van der Waals surface area contributed by atoms with Crippen molar-refractivity contribution in [3.8, 4) is 0 Å². The van der Waals surface area contributed by atoms with Crippen molar-refractivity contribution < 1.29 is 13.6 Å². The zero-order valence-electron chi connectivity index (χ0n) is 11.7.